The van der Waals surface area contributed by atoms with E-state index in [9.17, 15) is 4.79 Å². The standard InChI is InChI=1S/C13H13NO2/c1-8-11(13(15)16-2)7-9-5-3-4-6-10(9)12(8)14/h3-7H,14H2,1-2H3. The summed E-state index contributed by atoms with van der Waals surface area (Å²) in [5.41, 5.74) is 7.94. The van der Waals surface area contributed by atoms with Gasteiger partial charge in [0.15, 0.2) is 0 Å². The normalized spacial score (nSPS) is 10.4. The van der Waals surface area contributed by atoms with Gasteiger partial charge in [-0.2, -0.15) is 0 Å². The minimum Gasteiger partial charge on any atom is -0.465 e. The lowest BCUT2D eigenvalue weighted by molar-refractivity contribution is 0.0600. The number of rotatable bonds is 1. The Balaban J connectivity index is 2.78. The average Bonchev–Trinajstić information content (AvgIpc) is 2.33. The SMILES string of the molecule is COC(=O)c1cc2ccccc2c(N)c1C. The number of benzene rings is 2. The highest BCUT2D eigenvalue weighted by atomic mass is 16.5. The van der Waals surface area contributed by atoms with Crippen LogP contribution in [0.4, 0.5) is 5.69 Å². The largest absolute Gasteiger partial charge is 0.465 e. The van der Waals surface area contributed by atoms with Crippen LogP contribution in [0.1, 0.15) is 15.9 Å². The van der Waals surface area contributed by atoms with Gasteiger partial charge in [-0.1, -0.05) is 24.3 Å². The van der Waals surface area contributed by atoms with Crippen LogP contribution in [0.15, 0.2) is 30.3 Å². The van der Waals surface area contributed by atoms with Gasteiger partial charge in [0, 0.05) is 11.1 Å². The van der Waals surface area contributed by atoms with Gasteiger partial charge in [-0.05, 0) is 23.9 Å². The summed E-state index contributed by atoms with van der Waals surface area (Å²) in [6, 6.07) is 9.53. The highest BCUT2D eigenvalue weighted by molar-refractivity contribution is 6.03. The molecule has 0 saturated heterocycles. The van der Waals surface area contributed by atoms with Crippen molar-refractivity contribution in [3.05, 3.63) is 41.5 Å². The first-order valence-corrected chi connectivity index (χ1v) is 5.01. The number of methoxy groups -OCH3 is 1. The van der Waals surface area contributed by atoms with Gasteiger partial charge in [0.05, 0.1) is 12.7 Å². The predicted octanol–water partition coefficient (Wildman–Crippen LogP) is 2.52. The highest BCUT2D eigenvalue weighted by Crippen LogP contribution is 2.27. The topological polar surface area (TPSA) is 52.3 Å². The van der Waals surface area contributed by atoms with Gasteiger partial charge in [-0.3, -0.25) is 0 Å². The molecule has 16 heavy (non-hydrogen) atoms. The van der Waals surface area contributed by atoms with Crippen LogP contribution in [0.25, 0.3) is 10.8 Å². The molecule has 0 heterocycles. The maximum atomic E-state index is 11.6. The van der Waals surface area contributed by atoms with Crippen LogP contribution in [-0.2, 0) is 4.74 Å². The Labute approximate surface area is 93.8 Å². The molecule has 0 aliphatic carbocycles. The minimum absolute atomic E-state index is 0.352. The average molecular weight is 215 g/mol. The fraction of sp³-hybridized carbons (Fsp3) is 0.154. The zero-order chi connectivity index (χ0) is 11.7. The van der Waals surface area contributed by atoms with E-state index in [0.717, 1.165) is 16.3 Å². The van der Waals surface area contributed by atoms with Crippen LogP contribution in [0.5, 0.6) is 0 Å². The molecule has 0 aromatic heterocycles. The third-order valence-electron chi connectivity index (χ3n) is 2.76. The number of ether oxygens (including phenoxy) is 1. The molecule has 0 unspecified atom stereocenters. The first-order valence-electron chi connectivity index (χ1n) is 5.01. The van der Waals surface area contributed by atoms with E-state index in [1.165, 1.54) is 7.11 Å². The van der Waals surface area contributed by atoms with Gasteiger partial charge in [0.1, 0.15) is 0 Å². The molecule has 0 amide bonds. The van der Waals surface area contributed by atoms with Crippen molar-refractivity contribution in [1.82, 2.24) is 0 Å². The Morgan fingerprint density at radius 2 is 2.00 bits per heavy atom. The quantitative estimate of drug-likeness (QED) is 0.587. The van der Waals surface area contributed by atoms with Gasteiger partial charge in [0.2, 0.25) is 0 Å². The smallest absolute Gasteiger partial charge is 0.338 e. The Morgan fingerprint density at radius 1 is 1.31 bits per heavy atom. The molecule has 2 N–H and O–H groups in total. The third kappa shape index (κ3) is 1.50. The summed E-state index contributed by atoms with van der Waals surface area (Å²) in [6.07, 6.45) is 0. The van der Waals surface area contributed by atoms with E-state index in [1.54, 1.807) is 0 Å². The van der Waals surface area contributed by atoms with E-state index in [2.05, 4.69) is 0 Å². The van der Waals surface area contributed by atoms with Crippen molar-refractivity contribution in [3.8, 4) is 0 Å². The molecule has 82 valence electrons. The monoisotopic (exact) mass is 215 g/mol. The van der Waals surface area contributed by atoms with Crippen molar-refractivity contribution < 1.29 is 9.53 Å². The summed E-state index contributed by atoms with van der Waals surface area (Å²) in [7, 11) is 1.37. The third-order valence-corrected chi connectivity index (χ3v) is 2.76. The fourth-order valence-electron chi connectivity index (χ4n) is 1.80. The van der Waals surface area contributed by atoms with Gasteiger partial charge in [-0.15, -0.1) is 0 Å². The summed E-state index contributed by atoms with van der Waals surface area (Å²) in [5.74, 6) is -0.352. The molecule has 0 aliphatic rings. The Bertz CT molecular complexity index is 561. The van der Waals surface area contributed by atoms with Crippen molar-refractivity contribution in [2.24, 2.45) is 0 Å². The zero-order valence-corrected chi connectivity index (χ0v) is 9.28. The molecule has 0 saturated carbocycles. The van der Waals surface area contributed by atoms with Gasteiger partial charge < -0.3 is 10.5 Å². The maximum absolute atomic E-state index is 11.6. The second-order valence-corrected chi connectivity index (χ2v) is 3.68. The van der Waals surface area contributed by atoms with Crippen molar-refractivity contribution in [1.29, 1.82) is 0 Å². The molecule has 0 bridgehead atoms. The van der Waals surface area contributed by atoms with Crippen LogP contribution < -0.4 is 5.73 Å². The summed E-state index contributed by atoms with van der Waals surface area (Å²) < 4.78 is 4.73. The van der Waals surface area contributed by atoms with Gasteiger partial charge in [0.25, 0.3) is 0 Å². The molecule has 0 aliphatic heterocycles. The van der Waals surface area contributed by atoms with Gasteiger partial charge >= 0.3 is 5.97 Å². The fourth-order valence-corrected chi connectivity index (χ4v) is 1.80. The predicted molar refractivity (Wildman–Crippen MR) is 64.4 cm³/mol. The van der Waals surface area contributed by atoms with E-state index < -0.39 is 0 Å². The van der Waals surface area contributed by atoms with Crippen LogP contribution in [0.2, 0.25) is 0 Å². The Morgan fingerprint density at radius 3 is 2.69 bits per heavy atom. The van der Waals surface area contributed by atoms with Gasteiger partial charge in [-0.25, -0.2) is 4.79 Å². The lowest BCUT2D eigenvalue weighted by Crippen LogP contribution is -2.06. The number of nitrogen functional groups attached to an aromatic ring is 1. The summed E-state index contributed by atoms with van der Waals surface area (Å²) in [5, 5.41) is 1.92. The molecule has 3 nitrogen and oxygen atoms in total. The Kier molecular flexibility index (Phi) is 2.52. The molecular weight excluding hydrogens is 202 g/mol. The molecular formula is C13H13NO2. The van der Waals surface area contributed by atoms with E-state index >= 15 is 0 Å². The molecule has 0 atom stereocenters. The zero-order valence-electron chi connectivity index (χ0n) is 9.28. The van der Waals surface area contributed by atoms with E-state index in [4.69, 9.17) is 10.5 Å². The molecule has 0 radical (unpaired) electrons. The maximum Gasteiger partial charge on any atom is 0.338 e. The second-order valence-electron chi connectivity index (χ2n) is 3.68. The molecule has 2 aromatic rings. The van der Waals surface area contributed by atoms with E-state index in [1.807, 2.05) is 37.3 Å². The number of hydrogen-bond acceptors (Lipinski definition) is 3. The summed E-state index contributed by atoms with van der Waals surface area (Å²) in [4.78, 5) is 11.6. The van der Waals surface area contributed by atoms with Crippen LogP contribution in [0.3, 0.4) is 0 Å². The van der Waals surface area contributed by atoms with E-state index in [0.29, 0.717) is 11.3 Å². The Hall–Kier alpha value is -2.03. The van der Waals surface area contributed by atoms with E-state index in [-0.39, 0.29) is 5.97 Å². The number of anilines is 1. The first kappa shape index (κ1) is 10.5. The van der Waals surface area contributed by atoms with Crippen LogP contribution in [0, 0.1) is 6.92 Å². The minimum atomic E-state index is -0.352. The number of nitrogens with two attached hydrogens (primary N) is 1. The highest BCUT2D eigenvalue weighted by Gasteiger charge is 2.13. The second kappa shape index (κ2) is 3.85. The molecule has 3 heteroatoms. The molecule has 2 aromatic carbocycles. The first-order chi connectivity index (χ1) is 7.65. The lowest BCUT2D eigenvalue weighted by atomic mass is 9.99. The van der Waals surface area contributed by atoms with Crippen LogP contribution >= 0.6 is 0 Å². The number of esters is 1. The number of fused-ring (bicyclic) bond motifs is 1. The molecule has 0 spiro atoms. The number of hydrogen-bond donors (Lipinski definition) is 1. The van der Waals surface area contributed by atoms with Crippen molar-refractivity contribution in [2.45, 2.75) is 6.92 Å². The van der Waals surface area contributed by atoms with Crippen LogP contribution in [-0.4, -0.2) is 13.1 Å². The number of carbonyl (C=O) groups is 1. The van der Waals surface area contributed by atoms with Crippen molar-refractivity contribution in [2.75, 3.05) is 12.8 Å². The summed E-state index contributed by atoms with van der Waals surface area (Å²) in [6.45, 7) is 1.83. The lowest BCUT2D eigenvalue weighted by Gasteiger charge is -2.10. The van der Waals surface area contributed by atoms with Crippen molar-refractivity contribution in [3.63, 3.8) is 0 Å². The molecule has 0 fully saturated rings. The van der Waals surface area contributed by atoms with Crippen molar-refractivity contribution >= 4 is 22.4 Å². The summed E-state index contributed by atoms with van der Waals surface area (Å²) >= 11 is 0. The number of carbonyl (C=O) groups excluding carboxylic acids is 1. The molecule has 2 rings (SSSR count).